The van der Waals surface area contributed by atoms with Crippen molar-refractivity contribution in [1.29, 1.82) is 0 Å². The van der Waals surface area contributed by atoms with E-state index in [-0.39, 0.29) is 16.8 Å². The van der Waals surface area contributed by atoms with Gasteiger partial charge in [-0.2, -0.15) is 0 Å². The van der Waals surface area contributed by atoms with Crippen LogP contribution in [0.25, 0.3) is 21.9 Å². The van der Waals surface area contributed by atoms with Crippen LogP contribution in [0.5, 0.6) is 0 Å². The molecule has 0 aromatic heterocycles. The van der Waals surface area contributed by atoms with Crippen molar-refractivity contribution < 1.29 is 13.2 Å². The van der Waals surface area contributed by atoms with Crippen LogP contribution in [0.1, 0.15) is 24.2 Å². The summed E-state index contributed by atoms with van der Waals surface area (Å²) in [5.41, 5.74) is 4.05. The number of carbonyl (C=O) groups is 1. The van der Waals surface area contributed by atoms with Gasteiger partial charge in [-0.15, -0.1) is 0 Å². The van der Waals surface area contributed by atoms with Gasteiger partial charge < -0.3 is 15.5 Å². The Hall–Kier alpha value is -3.72. The first-order valence-electron chi connectivity index (χ1n) is 12.8. The zero-order valence-electron chi connectivity index (χ0n) is 21.6. The monoisotopic (exact) mass is 528 g/mol. The Morgan fingerprint density at radius 1 is 0.868 bits per heavy atom. The third-order valence-corrected chi connectivity index (χ3v) is 8.30. The summed E-state index contributed by atoms with van der Waals surface area (Å²) < 4.78 is 27.7. The van der Waals surface area contributed by atoms with E-state index in [4.69, 9.17) is 0 Å². The van der Waals surface area contributed by atoms with Crippen LogP contribution < -0.4 is 20.3 Å². The number of piperazine rings is 1. The van der Waals surface area contributed by atoms with Crippen LogP contribution in [0.2, 0.25) is 0 Å². The van der Waals surface area contributed by atoms with Crippen LogP contribution in [0, 0.1) is 0 Å². The van der Waals surface area contributed by atoms with Gasteiger partial charge in [-0.05, 0) is 66.1 Å². The Morgan fingerprint density at radius 3 is 2.29 bits per heavy atom. The molecule has 1 heterocycles. The highest BCUT2D eigenvalue weighted by Gasteiger charge is 2.19. The lowest BCUT2D eigenvalue weighted by molar-refractivity contribution is 0.102. The van der Waals surface area contributed by atoms with Gasteiger partial charge in [0.1, 0.15) is 0 Å². The third-order valence-electron chi connectivity index (χ3n) is 6.63. The van der Waals surface area contributed by atoms with Crippen molar-refractivity contribution >= 4 is 38.1 Å². The van der Waals surface area contributed by atoms with Crippen molar-refractivity contribution in [2.75, 3.05) is 36.4 Å². The Kier molecular flexibility index (Phi) is 7.46. The van der Waals surface area contributed by atoms with Crippen molar-refractivity contribution in [3.05, 3.63) is 90.5 Å². The molecule has 38 heavy (non-hydrogen) atoms. The van der Waals surface area contributed by atoms with Gasteiger partial charge in [0, 0.05) is 37.8 Å². The number of benzene rings is 4. The highest BCUT2D eigenvalue weighted by atomic mass is 32.2. The lowest BCUT2D eigenvalue weighted by atomic mass is 10.0. The number of sulfonamides is 1. The summed E-state index contributed by atoms with van der Waals surface area (Å²) in [4.78, 5) is 16.0. The molecule has 1 fully saturated rings. The van der Waals surface area contributed by atoms with Gasteiger partial charge in [-0.3, -0.25) is 4.79 Å². The Bertz CT molecular complexity index is 1560. The normalized spacial score (nSPS) is 14.1. The number of hydrogen-bond acceptors (Lipinski definition) is 5. The molecular weight excluding hydrogens is 496 g/mol. The van der Waals surface area contributed by atoms with Crippen molar-refractivity contribution in [3.63, 3.8) is 0 Å². The number of amides is 1. The van der Waals surface area contributed by atoms with Gasteiger partial charge >= 0.3 is 0 Å². The van der Waals surface area contributed by atoms with Crippen LogP contribution in [0.3, 0.4) is 0 Å². The molecule has 0 unspecified atom stereocenters. The van der Waals surface area contributed by atoms with E-state index < -0.39 is 10.0 Å². The first-order valence-corrected chi connectivity index (χ1v) is 14.3. The van der Waals surface area contributed by atoms with Crippen LogP contribution in [0.4, 0.5) is 11.4 Å². The molecule has 1 aliphatic rings. The minimum atomic E-state index is -3.57. The SMILES string of the molecule is CC(C)NS(=O)(=O)c1ccc(-c2ccc(N3CCNCC3)c(NC(=O)c3cccc4ccccc34)c2)cc1. The topological polar surface area (TPSA) is 90.5 Å². The molecule has 0 atom stereocenters. The second kappa shape index (κ2) is 10.9. The van der Waals surface area contributed by atoms with Gasteiger partial charge in [0.2, 0.25) is 10.0 Å². The van der Waals surface area contributed by atoms with Gasteiger partial charge in [0.15, 0.2) is 0 Å². The molecule has 5 rings (SSSR count). The summed E-state index contributed by atoms with van der Waals surface area (Å²) >= 11 is 0. The van der Waals surface area contributed by atoms with E-state index >= 15 is 0 Å². The minimum Gasteiger partial charge on any atom is -0.367 e. The summed E-state index contributed by atoms with van der Waals surface area (Å²) in [6.07, 6.45) is 0. The number of anilines is 2. The molecule has 4 aromatic carbocycles. The lowest BCUT2D eigenvalue weighted by Gasteiger charge is -2.31. The molecule has 196 valence electrons. The van der Waals surface area contributed by atoms with Crippen LogP contribution >= 0.6 is 0 Å². The molecule has 0 bridgehead atoms. The maximum absolute atomic E-state index is 13.5. The first-order chi connectivity index (χ1) is 18.3. The molecule has 8 heteroatoms. The molecule has 0 radical (unpaired) electrons. The number of fused-ring (bicyclic) bond motifs is 1. The molecule has 1 amide bonds. The van der Waals surface area contributed by atoms with Crippen molar-refractivity contribution in [2.45, 2.75) is 24.8 Å². The lowest BCUT2D eigenvalue weighted by Crippen LogP contribution is -2.43. The number of nitrogens with zero attached hydrogens (tertiary/aromatic N) is 1. The predicted molar refractivity (Wildman–Crippen MR) is 154 cm³/mol. The van der Waals surface area contributed by atoms with Crippen LogP contribution in [0.15, 0.2) is 89.8 Å². The minimum absolute atomic E-state index is 0.170. The highest BCUT2D eigenvalue weighted by molar-refractivity contribution is 7.89. The molecule has 3 N–H and O–H groups in total. The summed E-state index contributed by atoms with van der Waals surface area (Å²) in [6.45, 7) is 7.01. The van der Waals surface area contributed by atoms with Gasteiger partial charge in [0.25, 0.3) is 5.91 Å². The second-order valence-corrected chi connectivity index (χ2v) is 11.5. The zero-order chi connectivity index (χ0) is 26.7. The maximum atomic E-state index is 13.5. The van der Waals surface area contributed by atoms with Crippen LogP contribution in [-0.2, 0) is 10.0 Å². The fraction of sp³-hybridized carbons (Fsp3) is 0.233. The molecule has 1 aliphatic heterocycles. The summed E-state index contributed by atoms with van der Waals surface area (Å²) in [6, 6.07) is 26.2. The van der Waals surface area contributed by atoms with Crippen molar-refractivity contribution in [1.82, 2.24) is 10.0 Å². The molecular formula is C30H32N4O3S. The van der Waals surface area contributed by atoms with E-state index in [1.54, 1.807) is 38.1 Å². The highest BCUT2D eigenvalue weighted by Crippen LogP contribution is 2.33. The summed E-state index contributed by atoms with van der Waals surface area (Å²) in [5, 5.41) is 8.46. The number of nitrogens with one attached hydrogen (secondary N) is 3. The smallest absolute Gasteiger partial charge is 0.256 e. The predicted octanol–water partition coefficient (Wildman–Crippen LogP) is 4.86. The van der Waals surface area contributed by atoms with E-state index in [0.29, 0.717) is 5.56 Å². The van der Waals surface area contributed by atoms with E-state index in [2.05, 4.69) is 20.3 Å². The van der Waals surface area contributed by atoms with Gasteiger partial charge in [0.05, 0.1) is 16.3 Å². The fourth-order valence-corrected chi connectivity index (χ4v) is 6.07. The fourth-order valence-electron chi connectivity index (χ4n) is 4.82. The second-order valence-electron chi connectivity index (χ2n) is 9.75. The van der Waals surface area contributed by atoms with E-state index in [0.717, 1.165) is 59.5 Å². The molecule has 0 spiro atoms. The van der Waals surface area contributed by atoms with Gasteiger partial charge in [-0.1, -0.05) is 54.6 Å². The number of hydrogen-bond donors (Lipinski definition) is 3. The third kappa shape index (κ3) is 5.57. The molecule has 1 saturated heterocycles. The molecule has 0 aliphatic carbocycles. The van der Waals surface area contributed by atoms with Crippen molar-refractivity contribution in [3.8, 4) is 11.1 Å². The Morgan fingerprint density at radius 2 is 1.55 bits per heavy atom. The Balaban J connectivity index is 1.50. The molecule has 0 saturated carbocycles. The van der Waals surface area contributed by atoms with Crippen molar-refractivity contribution in [2.24, 2.45) is 0 Å². The number of rotatable bonds is 7. The van der Waals surface area contributed by atoms with E-state index in [1.807, 2.05) is 60.7 Å². The maximum Gasteiger partial charge on any atom is 0.256 e. The zero-order valence-corrected chi connectivity index (χ0v) is 22.4. The average molecular weight is 529 g/mol. The molecule has 7 nitrogen and oxygen atoms in total. The van der Waals surface area contributed by atoms with E-state index in [1.165, 1.54) is 0 Å². The summed E-state index contributed by atoms with van der Waals surface area (Å²) in [5.74, 6) is -0.170. The number of carbonyl (C=O) groups excluding carboxylic acids is 1. The van der Waals surface area contributed by atoms with E-state index in [9.17, 15) is 13.2 Å². The largest absolute Gasteiger partial charge is 0.367 e. The van der Waals surface area contributed by atoms with Gasteiger partial charge in [-0.25, -0.2) is 13.1 Å². The van der Waals surface area contributed by atoms with Crippen LogP contribution in [-0.4, -0.2) is 46.5 Å². The quantitative estimate of drug-likeness (QED) is 0.319. The Labute approximate surface area is 223 Å². The average Bonchev–Trinajstić information content (AvgIpc) is 2.92. The summed E-state index contributed by atoms with van der Waals surface area (Å²) in [7, 11) is -3.57. The molecule has 4 aromatic rings. The standard InChI is InChI=1S/C30H32N4O3S/c1-21(2)33-38(36,37)25-13-10-22(11-14-25)24-12-15-29(34-18-16-31-17-19-34)28(20-24)32-30(35)27-9-5-7-23-6-3-4-8-26(23)27/h3-15,20-21,31,33H,16-19H2,1-2H3,(H,32,35). The first kappa shape index (κ1) is 25.9.